The third-order valence-electron chi connectivity index (χ3n) is 3.13. The van der Waals surface area contributed by atoms with Crippen LogP contribution in [0.1, 0.15) is 39.0 Å². The molecule has 1 rings (SSSR count). The number of carbonyl (C=O) groups excluding carboxylic acids is 2. The Morgan fingerprint density at radius 3 is 2.72 bits per heavy atom. The molecule has 4 N–H and O–H groups in total. The number of hydrogen-bond donors (Lipinski definition) is 4. The van der Waals surface area contributed by atoms with E-state index in [1.165, 1.54) is 0 Å². The van der Waals surface area contributed by atoms with Crippen LogP contribution in [-0.2, 0) is 4.79 Å². The molecular formula is C12H23N3O3. The molecule has 1 heterocycles. The fourth-order valence-electron chi connectivity index (χ4n) is 2.07. The first-order valence-corrected chi connectivity index (χ1v) is 6.58. The summed E-state index contributed by atoms with van der Waals surface area (Å²) in [4.78, 5) is 22.3. The lowest BCUT2D eigenvalue weighted by Crippen LogP contribution is -2.30. The largest absolute Gasteiger partial charge is 0.395 e. The maximum atomic E-state index is 11.2. The van der Waals surface area contributed by atoms with Gasteiger partial charge in [0.25, 0.3) is 0 Å². The van der Waals surface area contributed by atoms with E-state index in [1.807, 2.05) is 6.92 Å². The van der Waals surface area contributed by atoms with Gasteiger partial charge in [-0.1, -0.05) is 12.8 Å². The molecule has 0 spiro atoms. The minimum absolute atomic E-state index is 0.00625. The van der Waals surface area contributed by atoms with Crippen LogP contribution < -0.4 is 16.0 Å². The van der Waals surface area contributed by atoms with Crippen LogP contribution >= 0.6 is 0 Å². The van der Waals surface area contributed by atoms with Crippen molar-refractivity contribution in [3.8, 4) is 0 Å². The fraction of sp³-hybridized carbons (Fsp3) is 0.833. The average molecular weight is 257 g/mol. The number of urea groups is 1. The number of amides is 3. The number of unbranched alkanes of at least 4 members (excludes halogenated alkanes) is 2. The Balaban J connectivity index is 1.98. The molecule has 6 heteroatoms. The fourth-order valence-corrected chi connectivity index (χ4v) is 2.07. The van der Waals surface area contributed by atoms with Gasteiger partial charge in [-0.3, -0.25) is 4.79 Å². The van der Waals surface area contributed by atoms with Crippen molar-refractivity contribution in [1.82, 2.24) is 16.0 Å². The van der Waals surface area contributed by atoms with Gasteiger partial charge in [-0.15, -0.1) is 0 Å². The first-order valence-electron chi connectivity index (χ1n) is 6.58. The normalized spacial score (nSPS) is 22.4. The molecule has 0 aromatic carbocycles. The quantitative estimate of drug-likeness (QED) is 0.465. The van der Waals surface area contributed by atoms with Crippen LogP contribution in [0.15, 0.2) is 0 Å². The number of nitrogens with one attached hydrogen (secondary N) is 3. The second kappa shape index (κ2) is 7.92. The predicted molar refractivity (Wildman–Crippen MR) is 68.1 cm³/mol. The van der Waals surface area contributed by atoms with Gasteiger partial charge in [0.1, 0.15) is 0 Å². The maximum Gasteiger partial charge on any atom is 0.315 e. The van der Waals surface area contributed by atoms with Crippen molar-refractivity contribution in [2.24, 2.45) is 0 Å². The van der Waals surface area contributed by atoms with Crippen LogP contribution in [0.4, 0.5) is 4.79 Å². The van der Waals surface area contributed by atoms with Crippen molar-refractivity contribution in [2.75, 3.05) is 13.2 Å². The summed E-state index contributed by atoms with van der Waals surface area (Å²) in [6.07, 6.45) is 4.28. The van der Waals surface area contributed by atoms with Crippen molar-refractivity contribution in [3.05, 3.63) is 0 Å². The van der Waals surface area contributed by atoms with Gasteiger partial charge in [-0.2, -0.15) is 0 Å². The highest BCUT2D eigenvalue weighted by atomic mass is 16.3. The highest BCUT2D eigenvalue weighted by Crippen LogP contribution is 2.11. The molecule has 2 unspecified atom stereocenters. The van der Waals surface area contributed by atoms with Crippen LogP contribution in [0.2, 0.25) is 0 Å². The molecule has 0 aliphatic carbocycles. The lowest BCUT2D eigenvalue weighted by Gasteiger charge is -2.13. The van der Waals surface area contributed by atoms with E-state index >= 15 is 0 Å². The lowest BCUT2D eigenvalue weighted by atomic mass is 10.0. The zero-order valence-corrected chi connectivity index (χ0v) is 10.9. The van der Waals surface area contributed by atoms with Gasteiger partial charge in [-0.25, -0.2) is 4.79 Å². The molecule has 2 atom stereocenters. The molecule has 0 aromatic heterocycles. The number of aliphatic hydroxyl groups is 1. The molecule has 3 amide bonds. The summed E-state index contributed by atoms with van der Waals surface area (Å²) in [6, 6.07) is 0.307. The van der Waals surface area contributed by atoms with Crippen LogP contribution in [-0.4, -0.2) is 42.3 Å². The summed E-state index contributed by atoms with van der Waals surface area (Å²) in [5.41, 5.74) is 0. The SMILES string of the molecule is CC1NC(=O)NC1CCCCCC(=O)NCCO. The van der Waals surface area contributed by atoms with Crippen molar-refractivity contribution >= 4 is 11.9 Å². The van der Waals surface area contributed by atoms with Gasteiger partial charge in [0.2, 0.25) is 5.91 Å². The molecule has 18 heavy (non-hydrogen) atoms. The monoisotopic (exact) mass is 257 g/mol. The van der Waals surface area contributed by atoms with E-state index in [4.69, 9.17) is 5.11 Å². The topological polar surface area (TPSA) is 90.5 Å². The molecule has 6 nitrogen and oxygen atoms in total. The Kier molecular flexibility index (Phi) is 6.49. The summed E-state index contributed by atoms with van der Waals surface area (Å²) in [5.74, 6) is -0.00625. The molecule has 1 saturated heterocycles. The van der Waals surface area contributed by atoms with Crippen LogP contribution in [0.5, 0.6) is 0 Å². The Bertz CT molecular complexity index is 284. The lowest BCUT2D eigenvalue weighted by molar-refractivity contribution is -0.121. The number of carbonyl (C=O) groups is 2. The highest BCUT2D eigenvalue weighted by molar-refractivity contribution is 5.77. The number of rotatable bonds is 8. The van der Waals surface area contributed by atoms with Gasteiger partial charge in [0.15, 0.2) is 0 Å². The molecular weight excluding hydrogens is 234 g/mol. The first kappa shape index (κ1) is 14.8. The van der Waals surface area contributed by atoms with E-state index in [9.17, 15) is 9.59 Å². The van der Waals surface area contributed by atoms with E-state index in [0.29, 0.717) is 13.0 Å². The molecule has 1 aliphatic rings. The van der Waals surface area contributed by atoms with Crippen molar-refractivity contribution in [3.63, 3.8) is 0 Å². The van der Waals surface area contributed by atoms with Crippen LogP contribution in [0, 0.1) is 0 Å². The van der Waals surface area contributed by atoms with Crippen LogP contribution in [0.25, 0.3) is 0 Å². The van der Waals surface area contributed by atoms with Crippen LogP contribution in [0.3, 0.4) is 0 Å². The van der Waals surface area contributed by atoms with Gasteiger partial charge in [-0.05, 0) is 19.8 Å². The molecule has 0 aromatic rings. The van der Waals surface area contributed by atoms with E-state index in [1.54, 1.807) is 0 Å². The zero-order valence-electron chi connectivity index (χ0n) is 10.9. The van der Waals surface area contributed by atoms with E-state index in [-0.39, 0.29) is 30.6 Å². The Hall–Kier alpha value is -1.30. The van der Waals surface area contributed by atoms with E-state index < -0.39 is 0 Å². The second-order valence-corrected chi connectivity index (χ2v) is 4.69. The van der Waals surface area contributed by atoms with Crippen molar-refractivity contribution in [2.45, 2.75) is 51.1 Å². The first-order chi connectivity index (χ1) is 8.63. The number of hydrogen-bond acceptors (Lipinski definition) is 3. The Morgan fingerprint density at radius 1 is 1.33 bits per heavy atom. The summed E-state index contributed by atoms with van der Waals surface area (Å²) < 4.78 is 0. The molecule has 0 radical (unpaired) electrons. The van der Waals surface area contributed by atoms with Crippen molar-refractivity contribution in [1.29, 1.82) is 0 Å². The van der Waals surface area contributed by atoms with E-state index in [2.05, 4.69) is 16.0 Å². The molecule has 0 bridgehead atoms. The second-order valence-electron chi connectivity index (χ2n) is 4.69. The minimum Gasteiger partial charge on any atom is -0.395 e. The smallest absolute Gasteiger partial charge is 0.315 e. The average Bonchev–Trinajstić information content (AvgIpc) is 2.65. The third kappa shape index (κ3) is 5.35. The molecule has 1 fully saturated rings. The summed E-state index contributed by atoms with van der Waals surface area (Å²) in [7, 11) is 0. The molecule has 0 saturated carbocycles. The van der Waals surface area contributed by atoms with Gasteiger partial charge in [0, 0.05) is 19.0 Å². The van der Waals surface area contributed by atoms with Gasteiger partial charge in [0.05, 0.1) is 12.6 Å². The standard InChI is InChI=1S/C12H23N3O3/c1-9-10(15-12(18)14-9)5-3-2-4-6-11(17)13-7-8-16/h9-10,16H,2-8H2,1H3,(H,13,17)(H2,14,15,18). The van der Waals surface area contributed by atoms with Gasteiger partial charge < -0.3 is 21.1 Å². The minimum atomic E-state index is -0.0871. The summed E-state index contributed by atoms with van der Waals surface area (Å²) in [5, 5.41) is 16.8. The van der Waals surface area contributed by atoms with Crippen molar-refractivity contribution < 1.29 is 14.7 Å². The summed E-state index contributed by atoms with van der Waals surface area (Å²) >= 11 is 0. The maximum absolute atomic E-state index is 11.2. The molecule has 1 aliphatic heterocycles. The third-order valence-corrected chi connectivity index (χ3v) is 3.13. The predicted octanol–water partition coefficient (Wildman–Crippen LogP) is 0.115. The number of aliphatic hydroxyl groups excluding tert-OH is 1. The highest BCUT2D eigenvalue weighted by Gasteiger charge is 2.26. The summed E-state index contributed by atoms with van der Waals surface area (Å²) in [6.45, 7) is 2.30. The zero-order chi connectivity index (χ0) is 13.4. The Morgan fingerprint density at radius 2 is 2.11 bits per heavy atom. The van der Waals surface area contributed by atoms with E-state index in [0.717, 1.165) is 25.7 Å². The Labute approximate surface area is 108 Å². The van der Waals surface area contributed by atoms with Gasteiger partial charge >= 0.3 is 6.03 Å². The molecule has 104 valence electrons.